The highest BCUT2D eigenvalue weighted by Crippen LogP contribution is 2.55. The van der Waals surface area contributed by atoms with E-state index in [9.17, 15) is 24.3 Å². The summed E-state index contributed by atoms with van der Waals surface area (Å²) < 4.78 is 4.88. The molecule has 322 valence electrons. The predicted molar refractivity (Wildman–Crippen MR) is 235 cm³/mol. The SMILES string of the molecule is COC(=O)N[C@@H](C(=O)N1[C@@H]2C[C@@H]2C[C@H]1c1nc2cc(C#Cc3ccc4c(c3)CCc3nc([C@@H]5C[C@H]6C[C@H]6N5C(=O)[C@@H](c5ccccc5)N(C)C(=O)O)[nH]c3-4)ccc2[nH]1)c1ccccc1. The van der Waals surface area contributed by atoms with Gasteiger partial charge in [-0.05, 0) is 97.4 Å². The zero-order chi connectivity index (χ0) is 43.8. The monoisotopic (exact) mass is 854 g/mol. The smallest absolute Gasteiger partial charge is 0.407 e. The van der Waals surface area contributed by atoms with Gasteiger partial charge in [0.2, 0.25) is 0 Å². The minimum Gasteiger partial charge on any atom is -0.465 e. The maximum absolute atomic E-state index is 14.4. The zero-order valence-electron chi connectivity index (χ0n) is 35.3. The van der Waals surface area contributed by atoms with Gasteiger partial charge in [-0.1, -0.05) is 78.6 Å². The molecule has 6 aromatic rings. The lowest BCUT2D eigenvalue weighted by molar-refractivity contribution is -0.138. The van der Waals surface area contributed by atoms with Gasteiger partial charge in [0.15, 0.2) is 0 Å². The lowest BCUT2D eigenvalue weighted by Crippen LogP contribution is -2.44. The Balaban J connectivity index is 0.814. The number of carboxylic acid groups (broad SMARTS) is 1. The van der Waals surface area contributed by atoms with Crippen molar-refractivity contribution in [3.05, 3.63) is 142 Å². The molecule has 4 aromatic carbocycles. The van der Waals surface area contributed by atoms with Gasteiger partial charge < -0.3 is 34.9 Å². The summed E-state index contributed by atoms with van der Waals surface area (Å²) in [4.78, 5) is 75.2. The Morgan fingerprint density at radius 1 is 0.766 bits per heavy atom. The first kappa shape index (κ1) is 39.4. The molecule has 3 aliphatic carbocycles. The van der Waals surface area contributed by atoms with Crippen LogP contribution in [0.15, 0.2) is 97.1 Å². The molecule has 2 saturated carbocycles. The molecule has 8 atom stereocenters. The molecule has 0 radical (unpaired) electrons. The molecule has 2 saturated heterocycles. The van der Waals surface area contributed by atoms with Crippen molar-refractivity contribution in [2.24, 2.45) is 11.8 Å². The van der Waals surface area contributed by atoms with Gasteiger partial charge in [0, 0.05) is 35.8 Å². The van der Waals surface area contributed by atoms with E-state index in [4.69, 9.17) is 14.7 Å². The van der Waals surface area contributed by atoms with Crippen LogP contribution in [0.3, 0.4) is 0 Å². The van der Waals surface area contributed by atoms with Crippen molar-refractivity contribution in [3.8, 4) is 23.1 Å². The first-order valence-corrected chi connectivity index (χ1v) is 21.9. The third-order valence-corrected chi connectivity index (χ3v) is 13.9. The number of hydrogen-bond acceptors (Lipinski definition) is 7. The number of nitrogens with one attached hydrogen (secondary N) is 3. The number of aromatic nitrogens is 4. The summed E-state index contributed by atoms with van der Waals surface area (Å²) >= 11 is 0. The summed E-state index contributed by atoms with van der Waals surface area (Å²) in [5, 5.41) is 12.7. The molecule has 2 aromatic heterocycles. The van der Waals surface area contributed by atoms with Gasteiger partial charge in [-0.15, -0.1) is 0 Å². The molecular weight excluding hydrogens is 809 g/mol. The van der Waals surface area contributed by atoms with Gasteiger partial charge in [-0.25, -0.2) is 19.6 Å². The van der Waals surface area contributed by atoms with E-state index >= 15 is 0 Å². The van der Waals surface area contributed by atoms with Gasteiger partial charge in [0.1, 0.15) is 23.7 Å². The molecule has 0 unspecified atom stereocenters. The van der Waals surface area contributed by atoms with Crippen molar-refractivity contribution in [1.82, 2.24) is 40.0 Å². The number of imidazole rings is 2. The summed E-state index contributed by atoms with van der Waals surface area (Å²) in [7, 11) is 2.74. The highest BCUT2D eigenvalue weighted by molar-refractivity contribution is 5.89. The molecule has 11 rings (SSSR count). The van der Waals surface area contributed by atoms with Gasteiger partial charge in [-0.2, -0.15) is 0 Å². The predicted octanol–water partition coefficient (Wildman–Crippen LogP) is 7.22. The number of piperidine rings is 2. The van der Waals surface area contributed by atoms with Crippen LogP contribution in [0.1, 0.15) is 95.0 Å². The van der Waals surface area contributed by atoms with Crippen molar-refractivity contribution in [2.75, 3.05) is 14.2 Å². The normalized spacial score (nSPS) is 23.1. The van der Waals surface area contributed by atoms with Crippen LogP contribution in [0.2, 0.25) is 0 Å². The van der Waals surface area contributed by atoms with Crippen molar-refractivity contribution in [1.29, 1.82) is 0 Å². The molecule has 0 spiro atoms. The summed E-state index contributed by atoms with van der Waals surface area (Å²) in [6, 6.07) is 28.3. The fourth-order valence-electron chi connectivity index (χ4n) is 10.5. The Labute approximate surface area is 369 Å². The second-order valence-electron chi connectivity index (χ2n) is 17.7. The maximum atomic E-state index is 14.4. The lowest BCUT2D eigenvalue weighted by atomic mass is 9.91. The largest absolute Gasteiger partial charge is 0.465 e. The minimum atomic E-state index is -1.16. The van der Waals surface area contributed by atoms with Crippen LogP contribution in [0.4, 0.5) is 9.59 Å². The molecule has 4 N–H and O–H groups in total. The molecule has 4 fully saturated rings. The van der Waals surface area contributed by atoms with Crippen LogP contribution in [0.25, 0.3) is 22.3 Å². The first-order chi connectivity index (χ1) is 31.1. The summed E-state index contributed by atoms with van der Waals surface area (Å²) in [6.07, 6.45) is 3.16. The van der Waals surface area contributed by atoms with Gasteiger partial charge in [-0.3, -0.25) is 14.5 Å². The fourth-order valence-corrected chi connectivity index (χ4v) is 10.5. The van der Waals surface area contributed by atoms with Crippen LogP contribution in [0, 0.1) is 23.7 Å². The second-order valence-corrected chi connectivity index (χ2v) is 17.7. The van der Waals surface area contributed by atoms with Crippen LogP contribution >= 0.6 is 0 Å². The van der Waals surface area contributed by atoms with Crippen molar-refractivity contribution in [3.63, 3.8) is 0 Å². The Morgan fingerprint density at radius 2 is 1.39 bits per heavy atom. The Kier molecular flexibility index (Phi) is 9.52. The number of H-pyrrole nitrogens is 2. The van der Waals surface area contributed by atoms with Crippen LogP contribution in [-0.2, 0) is 27.2 Å². The van der Waals surface area contributed by atoms with E-state index < -0.39 is 24.3 Å². The number of carbonyl (C=O) groups is 4. The van der Waals surface area contributed by atoms with Crippen LogP contribution in [-0.4, -0.2) is 90.0 Å². The van der Waals surface area contributed by atoms with Crippen molar-refractivity contribution < 1.29 is 29.0 Å². The van der Waals surface area contributed by atoms with Crippen LogP contribution < -0.4 is 5.32 Å². The number of nitrogens with zero attached hydrogens (tertiary/aromatic N) is 5. The average molecular weight is 855 g/mol. The molecule has 14 nitrogen and oxygen atoms in total. The average Bonchev–Trinajstić information content (AvgIpc) is 3.97. The number of aryl methyl sites for hydroxylation is 2. The molecule has 64 heavy (non-hydrogen) atoms. The molecule has 4 amide bonds. The number of hydrogen-bond donors (Lipinski definition) is 4. The van der Waals surface area contributed by atoms with E-state index in [1.807, 2.05) is 94.7 Å². The number of benzene rings is 4. The topological polar surface area (TPSA) is 177 Å². The molecular formula is C50H46N8O6. The quantitative estimate of drug-likeness (QED) is 0.116. The van der Waals surface area contributed by atoms with E-state index in [2.05, 4.69) is 39.3 Å². The Morgan fingerprint density at radius 3 is 2.06 bits per heavy atom. The molecule has 5 aliphatic rings. The number of fused-ring (bicyclic) bond motifs is 6. The van der Waals surface area contributed by atoms with Gasteiger partial charge in [0.05, 0.1) is 41.6 Å². The number of methoxy groups -OCH3 is 1. The number of likely N-dealkylation sites (tertiary alicyclic amines) is 2. The van der Waals surface area contributed by atoms with E-state index in [1.54, 1.807) is 0 Å². The van der Waals surface area contributed by atoms with E-state index in [1.165, 1.54) is 19.7 Å². The first-order valence-electron chi connectivity index (χ1n) is 21.9. The third-order valence-electron chi connectivity index (χ3n) is 13.9. The number of aromatic amines is 2. The summed E-state index contributed by atoms with van der Waals surface area (Å²) in [5.74, 6) is 8.53. The van der Waals surface area contributed by atoms with E-state index in [0.29, 0.717) is 28.8 Å². The maximum Gasteiger partial charge on any atom is 0.407 e. The fraction of sp³-hybridized carbons (Fsp3) is 0.320. The second kappa shape index (κ2) is 15.4. The number of alkyl carbamates (subject to hydrolysis) is 1. The molecule has 2 aliphatic heterocycles. The Bertz CT molecular complexity index is 2920. The number of carbonyl (C=O) groups excluding carboxylic acids is 3. The van der Waals surface area contributed by atoms with Gasteiger partial charge in [0.25, 0.3) is 11.8 Å². The standard InChI is InChI=1S/C50H46N8O6/c1-56(50(62)63)44(30-11-7-4-8-12-30)48(60)58-39-24-33(39)26-41(58)46-52-36-20-17-31-21-27(15-18-34(31)43(36)54-46)13-14-28-16-19-35-37(22-28)53-45(51-35)40-25-32-23-38(32)57(40)47(59)42(55-49(61)64-2)29-9-5-3-6-10-29/h3-12,15-16,18-19,21-22,32-33,38-42,44H,17,20,23-26H2,1-2H3,(H,51,53)(H,52,54)(H,55,61)(H,62,63)/t32-,33-,38-,39-,40+,41+,42-,44-/m1/s1. The van der Waals surface area contributed by atoms with Crippen molar-refractivity contribution in [2.45, 2.75) is 74.8 Å². The summed E-state index contributed by atoms with van der Waals surface area (Å²) in [5.41, 5.74) is 8.82. The van der Waals surface area contributed by atoms with E-state index in [-0.39, 0.29) is 36.0 Å². The summed E-state index contributed by atoms with van der Waals surface area (Å²) in [6.45, 7) is 0. The van der Waals surface area contributed by atoms with Gasteiger partial charge >= 0.3 is 12.2 Å². The zero-order valence-corrected chi connectivity index (χ0v) is 35.3. The number of ether oxygens (including phenoxy) is 1. The van der Waals surface area contributed by atoms with Crippen molar-refractivity contribution >= 4 is 35.0 Å². The number of rotatable bonds is 8. The number of amides is 4. The molecule has 14 heteroatoms. The number of likely N-dealkylation sites (N-methyl/N-ethyl adjacent to an activating group) is 1. The Hall–Kier alpha value is -7.40. The highest BCUT2D eigenvalue weighted by Gasteiger charge is 2.58. The minimum absolute atomic E-state index is 0.0764. The lowest BCUT2D eigenvalue weighted by Gasteiger charge is -2.33. The highest BCUT2D eigenvalue weighted by atomic mass is 16.5. The van der Waals surface area contributed by atoms with Crippen LogP contribution in [0.5, 0.6) is 0 Å². The van der Waals surface area contributed by atoms with E-state index in [0.717, 1.165) is 88.4 Å². The third kappa shape index (κ3) is 6.92. The molecule has 0 bridgehead atoms. The molecule has 4 heterocycles.